The highest BCUT2D eigenvalue weighted by Gasteiger charge is 2.40. The zero-order chi connectivity index (χ0) is 14.6. The van der Waals surface area contributed by atoms with Gasteiger partial charge in [0.15, 0.2) is 0 Å². The van der Waals surface area contributed by atoms with Crippen LogP contribution >= 0.6 is 11.8 Å². The third-order valence-corrected chi connectivity index (χ3v) is 4.83. The van der Waals surface area contributed by atoms with Crippen molar-refractivity contribution in [2.75, 3.05) is 5.75 Å². The maximum absolute atomic E-state index is 12.0. The van der Waals surface area contributed by atoms with E-state index < -0.39 is 11.5 Å². The molecule has 0 unspecified atom stereocenters. The molecule has 108 valence electrons. The lowest BCUT2D eigenvalue weighted by Gasteiger charge is -2.41. The number of nitrogens with one attached hydrogen (secondary N) is 1. The molecule has 1 aromatic rings. The number of carboxylic acid groups (broad SMARTS) is 1. The minimum Gasteiger partial charge on any atom is -0.481 e. The Hall–Kier alpha value is -1.49. The van der Waals surface area contributed by atoms with Crippen molar-refractivity contribution >= 4 is 23.6 Å². The molecule has 2 N–H and O–H groups in total. The first-order chi connectivity index (χ1) is 9.51. The minimum absolute atomic E-state index is 0.0216. The molecule has 1 aliphatic rings. The number of carbonyl (C=O) groups is 2. The van der Waals surface area contributed by atoms with Crippen LogP contribution < -0.4 is 5.32 Å². The van der Waals surface area contributed by atoms with Crippen LogP contribution in [-0.2, 0) is 9.59 Å². The lowest BCUT2D eigenvalue weighted by molar-refractivity contribution is -0.140. The molecule has 0 aromatic heterocycles. The summed E-state index contributed by atoms with van der Waals surface area (Å²) in [7, 11) is 0. The minimum atomic E-state index is -0.850. The Bertz CT molecular complexity index is 512. The summed E-state index contributed by atoms with van der Waals surface area (Å²) >= 11 is 1.49. The zero-order valence-corrected chi connectivity index (χ0v) is 12.3. The Balaban J connectivity index is 1.86. The van der Waals surface area contributed by atoms with Crippen LogP contribution in [0.5, 0.6) is 0 Å². The average molecular weight is 293 g/mol. The number of carboxylic acids is 1. The van der Waals surface area contributed by atoms with E-state index in [2.05, 4.69) is 5.32 Å². The predicted molar refractivity (Wildman–Crippen MR) is 78.9 cm³/mol. The Morgan fingerprint density at radius 3 is 2.60 bits per heavy atom. The van der Waals surface area contributed by atoms with Gasteiger partial charge in [-0.3, -0.25) is 9.59 Å². The summed E-state index contributed by atoms with van der Waals surface area (Å²) < 4.78 is 0. The molecular weight excluding hydrogens is 274 g/mol. The first-order valence-electron chi connectivity index (χ1n) is 6.72. The smallest absolute Gasteiger partial charge is 0.305 e. The molecule has 0 heterocycles. The summed E-state index contributed by atoms with van der Waals surface area (Å²) in [4.78, 5) is 23.9. The van der Waals surface area contributed by atoms with E-state index >= 15 is 0 Å². The van der Waals surface area contributed by atoms with Crippen molar-refractivity contribution in [2.24, 2.45) is 0 Å². The van der Waals surface area contributed by atoms with Gasteiger partial charge in [0.1, 0.15) is 0 Å². The topological polar surface area (TPSA) is 66.4 Å². The van der Waals surface area contributed by atoms with Gasteiger partial charge < -0.3 is 10.4 Å². The number of carbonyl (C=O) groups excluding carboxylic acids is 1. The molecule has 4 nitrogen and oxygen atoms in total. The number of rotatable bonds is 6. The number of hydrogen-bond acceptors (Lipinski definition) is 3. The first kappa shape index (κ1) is 14.9. The van der Waals surface area contributed by atoms with Crippen molar-refractivity contribution < 1.29 is 14.7 Å². The number of aryl methyl sites for hydroxylation is 1. The lowest BCUT2D eigenvalue weighted by Crippen LogP contribution is -2.55. The highest BCUT2D eigenvalue weighted by molar-refractivity contribution is 8.00. The van der Waals surface area contributed by atoms with Gasteiger partial charge in [0.2, 0.25) is 5.91 Å². The normalized spacial score (nSPS) is 16.2. The fourth-order valence-corrected chi connectivity index (χ4v) is 3.26. The molecule has 1 fully saturated rings. The van der Waals surface area contributed by atoms with E-state index in [9.17, 15) is 9.59 Å². The van der Waals surface area contributed by atoms with Gasteiger partial charge in [0.25, 0.3) is 0 Å². The van der Waals surface area contributed by atoms with E-state index in [4.69, 9.17) is 5.11 Å². The molecule has 20 heavy (non-hydrogen) atoms. The van der Waals surface area contributed by atoms with Gasteiger partial charge in [-0.25, -0.2) is 0 Å². The van der Waals surface area contributed by atoms with E-state index in [-0.39, 0.29) is 12.3 Å². The van der Waals surface area contributed by atoms with Crippen molar-refractivity contribution in [3.05, 3.63) is 29.8 Å². The number of aliphatic carboxylic acids is 1. The van der Waals surface area contributed by atoms with Crippen LogP contribution in [0, 0.1) is 6.92 Å². The third-order valence-electron chi connectivity index (χ3n) is 3.66. The Morgan fingerprint density at radius 1 is 1.35 bits per heavy atom. The average Bonchev–Trinajstić information content (AvgIpc) is 2.34. The van der Waals surface area contributed by atoms with E-state index in [1.807, 2.05) is 31.2 Å². The number of hydrogen-bond donors (Lipinski definition) is 2. The molecule has 0 radical (unpaired) electrons. The second kappa shape index (κ2) is 6.31. The second-order valence-electron chi connectivity index (χ2n) is 5.31. The summed E-state index contributed by atoms with van der Waals surface area (Å²) in [6, 6.07) is 7.92. The summed E-state index contributed by atoms with van der Waals surface area (Å²) in [5.41, 5.74) is 0.643. The molecule has 0 aliphatic heterocycles. The van der Waals surface area contributed by atoms with Crippen molar-refractivity contribution in [2.45, 2.75) is 43.0 Å². The fourth-order valence-electron chi connectivity index (χ4n) is 2.43. The van der Waals surface area contributed by atoms with Crippen LogP contribution in [0.25, 0.3) is 0 Å². The Morgan fingerprint density at radius 2 is 2.05 bits per heavy atom. The van der Waals surface area contributed by atoms with Crippen LogP contribution in [0.15, 0.2) is 29.2 Å². The largest absolute Gasteiger partial charge is 0.481 e. The van der Waals surface area contributed by atoms with Gasteiger partial charge in [0.05, 0.1) is 17.7 Å². The highest BCUT2D eigenvalue weighted by Crippen LogP contribution is 2.35. The van der Waals surface area contributed by atoms with Crippen molar-refractivity contribution in [3.8, 4) is 0 Å². The molecule has 0 bridgehead atoms. The Kier molecular flexibility index (Phi) is 4.70. The van der Waals surface area contributed by atoms with Crippen LogP contribution in [0.2, 0.25) is 0 Å². The van der Waals surface area contributed by atoms with E-state index in [0.29, 0.717) is 5.75 Å². The lowest BCUT2D eigenvalue weighted by atomic mass is 9.74. The molecule has 0 atom stereocenters. The highest BCUT2D eigenvalue weighted by atomic mass is 32.2. The van der Waals surface area contributed by atoms with Crippen LogP contribution in [0.4, 0.5) is 0 Å². The molecule has 1 amide bonds. The maximum Gasteiger partial charge on any atom is 0.305 e. The number of amides is 1. The van der Waals surface area contributed by atoms with Crippen molar-refractivity contribution in [3.63, 3.8) is 0 Å². The summed E-state index contributed by atoms with van der Waals surface area (Å²) in [5.74, 6) is -0.609. The molecule has 1 aliphatic carbocycles. The van der Waals surface area contributed by atoms with Gasteiger partial charge in [-0.05, 0) is 37.8 Å². The van der Waals surface area contributed by atoms with Gasteiger partial charge in [0, 0.05) is 4.90 Å². The zero-order valence-electron chi connectivity index (χ0n) is 11.5. The monoisotopic (exact) mass is 293 g/mol. The first-order valence-corrected chi connectivity index (χ1v) is 7.71. The van der Waals surface area contributed by atoms with Gasteiger partial charge in [-0.1, -0.05) is 18.2 Å². The van der Waals surface area contributed by atoms with E-state index in [1.54, 1.807) is 0 Å². The van der Waals surface area contributed by atoms with E-state index in [0.717, 1.165) is 29.7 Å². The summed E-state index contributed by atoms with van der Waals surface area (Å²) in [6.45, 7) is 2.01. The van der Waals surface area contributed by atoms with Gasteiger partial charge in [-0.2, -0.15) is 0 Å². The van der Waals surface area contributed by atoms with Crippen molar-refractivity contribution in [1.82, 2.24) is 5.32 Å². The summed E-state index contributed by atoms with van der Waals surface area (Å²) in [5, 5.41) is 11.8. The molecule has 1 aromatic carbocycles. The SMILES string of the molecule is Cc1ccccc1SCC(=O)NC1(CC(=O)O)CCC1. The van der Waals surface area contributed by atoms with Gasteiger partial charge in [-0.15, -0.1) is 11.8 Å². The molecule has 0 saturated heterocycles. The van der Waals surface area contributed by atoms with Gasteiger partial charge >= 0.3 is 5.97 Å². The maximum atomic E-state index is 12.0. The van der Waals surface area contributed by atoms with E-state index in [1.165, 1.54) is 11.8 Å². The number of benzene rings is 1. The van der Waals surface area contributed by atoms with Crippen LogP contribution in [-0.4, -0.2) is 28.3 Å². The molecule has 1 saturated carbocycles. The van der Waals surface area contributed by atoms with Crippen molar-refractivity contribution in [1.29, 1.82) is 0 Å². The fraction of sp³-hybridized carbons (Fsp3) is 0.467. The van der Waals surface area contributed by atoms with Crippen LogP contribution in [0.3, 0.4) is 0 Å². The number of thioether (sulfide) groups is 1. The molecular formula is C15H19NO3S. The second-order valence-corrected chi connectivity index (χ2v) is 6.32. The predicted octanol–water partition coefficient (Wildman–Crippen LogP) is 2.60. The third kappa shape index (κ3) is 3.76. The quantitative estimate of drug-likeness (QED) is 0.791. The molecule has 5 heteroatoms. The standard InChI is InChI=1S/C15H19NO3S/c1-11-5-2-3-6-12(11)20-10-13(17)16-15(7-4-8-15)9-14(18)19/h2-3,5-6H,4,7-10H2,1H3,(H,16,17)(H,18,19). The molecule has 2 rings (SSSR count). The Labute approximate surface area is 123 Å². The summed E-state index contributed by atoms with van der Waals surface area (Å²) in [6.07, 6.45) is 2.53. The molecule has 0 spiro atoms. The van der Waals surface area contributed by atoms with Crippen LogP contribution in [0.1, 0.15) is 31.2 Å².